The van der Waals surface area contributed by atoms with Gasteiger partial charge >= 0.3 is 6.18 Å². The number of alkyl halides is 3. The number of aryl methyl sites for hydroxylation is 1. The Hall–Kier alpha value is -2.65. The van der Waals surface area contributed by atoms with E-state index in [9.17, 15) is 22.8 Å². The monoisotopic (exact) mass is 353 g/mol. The Labute approximate surface area is 139 Å². The van der Waals surface area contributed by atoms with Crippen molar-refractivity contribution in [3.8, 4) is 0 Å². The molecule has 0 spiro atoms. The van der Waals surface area contributed by atoms with Crippen molar-refractivity contribution < 1.29 is 22.8 Å². The number of halogens is 3. The molecule has 2 saturated heterocycles. The van der Waals surface area contributed by atoms with Crippen LogP contribution in [0.3, 0.4) is 0 Å². The molecular formula is C15H14F3N5O2. The van der Waals surface area contributed by atoms with Gasteiger partial charge in [0.2, 0.25) is 5.91 Å². The van der Waals surface area contributed by atoms with Crippen molar-refractivity contribution in [1.29, 1.82) is 0 Å². The molecule has 0 aromatic carbocycles. The van der Waals surface area contributed by atoms with Gasteiger partial charge in [-0.05, 0) is 13.0 Å². The normalized spacial score (nSPS) is 23.2. The minimum Gasteiger partial charge on any atom is -0.351 e. The first-order chi connectivity index (χ1) is 11.7. The highest BCUT2D eigenvalue weighted by molar-refractivity contribution is 5.94. The van der Waals surface area contributed by atoms with Crippen molar-refractivity contribution in [3.63, 3.8) is 0 Å². The molecule has 2 atom stereocenters. The summed E-state index contributed by atoms with van der Waals surface area (Å²) in [6.45, 7) is 2.17. The van der Waals surface area contributed by atoms with E-state index in [0.29, 0.717) is 24.0 Å². The van der Waals surface area contributed by atoms with Crippen LogP contribution in [0, 0.1) is 12.8 Å². The lowest BCUT2D eigenvalue weighted by atomic mass is 10.1. The third-order valence-electron chi connectivity index (χ3n) is 4.59. The van der Waals surface area contributed by atoms with Crippen LogP contribution in [0.1, 0.15) is 28.3 Å². The average molecular weight is 353 g/mol. The summed E-state index contributed by atoms with van der Waals surface area (Å²) >= 11 is 0. The van der Waals surface area contributed by atoms with E-state index in [1.165, 1.54) is 17.9 Å². The van der Waals surface area contributed by atoms with Gasteiger partial charge in [0.15, 0.2) is 11.3 Å². The summed E-state index contributed by atoms with van der Waals surface area (Å²) in [5.74, 6) is -0.455. The number of nitrogens with zero attached hydrogens (tertiary/aromatic N) is 4. The summed E-state index contributed by atoms with van der Waals surface area (Å²) in [6, 6.07) is 2.06. The maximum atomic E-state index is 13.2. The largest absolute Gasteiger partial charge is 0.433 e. The molecule has 2 aromatic rings. The molecule has 2 aliphatic heterocycles. The molecule has 0 unspecified atom stereocenters. The molecule has 0 bridgehead atoms. The van der Waals surface area contributed by atoms with Crippen LogP contribution in [-0.2, 0) is 11.0 Å². The second kappa shape index (κ2) is 5.17. The van der Waals surface area contributed by atoms with Crippen molar-refractivity contribution in [2.45, 2.75) is 25.6 Å². The van der Waals surface area contributed by atoms with Gasteiger partial charge in [0.05, 0.1) is 6.04 Å². The van der Waals surface area contributed by atoms with E-state index in [0.717, 1.165) is 6.07 Å². The van der Waals surface area contributed by atoms with Gasteiger partial charge in [-0.1, -0.05) is 0 Å². The quantitative estimate of drug-likeness (QED) is 0.830. The van der Waals surface area contributed by atoms with Gasteiger partial charge in [0.1, 0.15) is 5.69 Å². The summed E-state index contributed by atoms with van der Waals surface area (Å²) < 4.78 is 40.2. The van der Waals surface area contributed by atoms with Crippen LogP contribution >= 0.6 is 0 Å². The molecule has 0 aliphatic carbocycles. The molecule has 0 radical (unpaired) electrons. The smallest absolute Gasteiger partial charge is 0.351 e. The van der Waals surface area contributed by atoms with E-state index in [-0.39, 0.29) is 34.9 Å². The fourth-order valence-corrected chi connectivity index (χ4v) is 3.48. The van der Waals surface area contributed by atoms with Crippen LogP contribution in [0.5, 0.6) is 0 Å². The van der Waals surface area contributed by atoms with Crippen molar-refractivity contribution in [2.75, 3.05) is 13.1 Å². The number of hydrogen-bond acceptors (Lipinski definition) is 4. The van der Waals surface area contributed by atoms with Crippen molar-refractivity contribution in [1.82, 2.24) is 24.8 Å². The van der Waals surface area contributed by atoms with Crippen LogP contribution < -0.4 is 5.32 Å². The zero-order chi connectivity index (χ0) is 17.9. The van der Waals surface area contributed by atoms with E-state index >= 15 is 0 Å². The minimum absolute atomic E-state index is 0.0247. The molecule has 4 rings (SSSR count). The lowest BCUT2D eigenvalue weighted by Gasteiger charge is -2.15. The topological polar surface area (TPSA) is 79.6 Å². The van der Waals surface area contributed by atoms with E-state index < -0.39 is 17.8 Å². The summed E-state index contributed by atoms with van der Waals surface area (Å²) in [5.41, 5.74) is -0.894. The number of amides is 2. The molecule has 2 fully saturated rings. The van der Waals surface area contributed by atoms with Crippen LogP contribution in [0.4, 0.5) is 13.2 Å². The highest BCUT2D eigenvalue weighted by Crippen LogP contribution is 2.30. The SMILES string of the molecule is Cc1cc(C(F)(F)F)n2nc(C(=O)N3C[C@@H]4CC(=O)N[C@@H]4C3)cc2n1. The van der Waals surface area contributed by atoms with Gasteiger partial charge in [0, 0.05) is 37.2 Å². The molecule has 1 N–H and O–H groups in total. The molecular weight excluding hydrogens is 339 g/mol. The third kappa shape index (κ3) is 2.61. The first-order valence-electron chi connectivity index (χ1n) is 7.75. The Morgan fingerprint density at radius 2 is 2.08 bits per heavy atom. The zero-order valence-electron chi connectivity index (χ0n) is 13.2. The van der Waals surface area contributed by atoms with Crippen LogP contribution in [0.2, 0.25) is 0 Å². The van der Waals surface area contributed by atoms with Gasteiger partial charge < -0.3 is 10.2 Å². The Morgan fingerprint density at radius 3 is 2.76 bits per heavy atom. The van der Waals surface area contributed by atoms with Gasteiger partial charge in [-0.2, -0.15) is 18.3 Å². The van der Waals surface area contributed by atoms with Gasteiger partial charge in [0.25, 0.3) is 5.91 Å². The molecule has 2 aromatic heterocycles. The lowest BCUT2D eigenvalue weighted by Crippen LogP contribution is -2.35. The molecule has 7 nitrogen and oxygen atoms in total. The molecule has 4 heterocycles. The second-order valence-electron chi connectivity index (χ2n) is 6.43. The van der Waals surface area contributed by atoms with E-state index in [1.54, 1.807) is 0 Å². The Morgan fingerprint density at radius 1 is 1.32 bits per heavy atom. The molecule has 2 aliphatic rings. The highest BCUT2D eigenvalue weighted by atomic mass is 19.4. The minimum atomic E-state index is -4.60. The molecule has 25 heavy (non-hydrogen) atoms. The maximum Gasteiger partial charge on any atom is 0.433 e. The van der Waals surface area contributed by atoms with Gasteiger partial charge in [-0.3, -0.25) is 9.59 Å². The molecule has 0 saturated carbocycles. The number of nitrogens with one attached hydrogen (secondary N) is 1. The van der Waals surface area contributed by atoms with Gasteiger partial charge in [-0.15, -0.1) is 0 Å². The predicted molar refractivity (Wildman–Crippen MR) is 78.7 cm³/mol. The Balaban J connectivity index is 1.66. The summed E-state index contributed by atoms with van der Waals surface area (Å²) in [4.78, 5) is 29.5. The third-order valence-corrected chi connectivity index (χ3v) is 4.59. The molecule has 2 amide bonds. The Kier molecular flexibility index (Phi) is 3.28. The number of hydrogen-bond donors (Lipinski definition) is 1. The summed E-state index contributed by atoms with van der Waals surface area (Å²) in [6.07, 6.45) is -4.24. The molecule has 132 valence electrons. The number of carbonyl (C=O) groups excluding carboxylic acids is 2. The van der Waals surface area contributed by atoms with E-state index in [2.05, 4.69) is 15.4 Å². The fraction of sp³-hybridized carbons (Fsp3) is 0.467. The van der Waals surface area contributed by atoms with Gasteiger partial charge in [-0.25, -0.2) is 9.50 Å². The number of likely N-dealkylation sites (tertiary alicyclic amines) is 1. The number of rotatable bonds is 1. The van der Waals surface area contributed by atoms with E-state index in [4.69, 9.17) is 0 Å². The number of fused-ring (bicyclic) bond motifs is 2. The predicted octanol–water partition coefficient (Wildman–Crippen LogP) is 1.02. The Bertz CT molecular complexity index is 875. The van der Waals surface area contributed by atoms with Crippen LogP contribution in [0.15, 0.2) is 12.1 Å². The fourth-order valence-electron chi connectivity index (χ4n) is 3.48. The first kappa shape index (κ1) is 15.9. The van der Waals surface area contributed by atoms with Crippen LogP contribution in [0.25, 0.3) is 5.65 Å². The number of carbonyl (C=O) groups is 2. The van der Waals surface area contributed by atoms with Crippen LogP contribution in [-0.4, -0.2) is 50.4 Å². The zero-order valence-corrected chi connectivity index (χ0v) is 13.2. The highest BCUT2D eigenvalue weighted by Gasteiger charge is 2.42. The van der Waals surface area contributed by atoms with E-state index in [1.807, 2.05) is 0 Å². The molecule has 10 heteroatoms. The average Bonchev–Trinajstić information content (AvgIpc) is 3.16. The van der Waals surface area contributed by atoms with Crippen molar-refractivity contribution >= 4 is 17.5 Å². The lowest BCUT2D eigenvalue weighted by molar-refractivity contribution is -0.142. The second-order valence-corrected chi connectivity index (χ2v) is 6.43. The standard InChI is InChI=1S/C15H14F3N5O2/c1-7-2-11(15(16,17)18)23-12(19-7)4-9(21-23)14(25)22-5-8-3-13(24)20-10(8)6-22/h2,4,8,10H,3,5-6H2,1H3,(H,20,24)/t8-,10+/m0/s1. The van der Waals surface area contributed by atoms with Crippen molar-refractivity contribution in [3.05, 3.63) is 29.2 Å². The maximum absolute atomic E-state index is 13.2. The number of aromatic nitrogens is 3. The first-order valence-corrected chi connectivity index (χ1v) is 7.75. The summed E-state index contributed by atoms with van der Waals surface area (Å²) in [5, 5.41) is 6.62. The summed E-state index contributed by atoms with van der Waals surface area (Å²) in [7, 11) is 0. The van der Waals surface area contributed by atoms with Crippen molar-refractivity contribution in [2.24, 2.45) is 5.92 Å².